The zero-order valence-corrected chi connectivity index (χ0v) is 11.7. The molecule has 1 aromatic carbocycles. The summed E-state index contributed by atoms with van der Waals surface area (Å²) in [7, 11) is 0. The number of carbonyl (C=O) groups excluding carboxylic acids is 1. The fourth-order valence-corrected chi connectivity index (χ4v) is 3.03. The van der Waals surface area contributed by atoms with Gasteiger partial charge in [-0.05, 0) is 50.5 Å². The third-order valence-electron chi connectivity index (χ3n) is 3.96. The molecule has 2 aliphatic heterocycles. The van der Waals surface area contributed by atoms with Crippen LogP contribution in [0.1, 0.15) is 26.2 Å². The lowest BCUT2D eigenvalue weighted by molar-refractivity contribution is 0.192. The van der Waals surface area contributed by atoms with Crippen molar-refractivity contribution < 1.29 is 9.53 Å². The number of urea groups is 1. The van der Waals surface area contributed by atoms with E-state index in [0.29, 0.717) is 12.6 Å². The van der Waals surface area contributed by atoms with Crippen LogP contribution in [0.25, 0.3) is 0 Å². The van der Waals surface area contributed by atoms with Crippen LogP contribution in [0.3, 0.4) is 0 Å². The number of nitrogens with one attached hydrogen (secondary N) is 1. The molecular weight excluding hydrogens is 252 g/mol. The van der Waals surface area contributed by atoms with Crippen LogP contribution in [0.5, 0.6) is 5.75 Å². The van der Waals surface area contributed by atoms with E-state index in [2.05, 4.69) is 17.5 Å². The van der Waals surface area contributed by atoms with Gasteiger partial charge in [-0.15, -0.1) is 0 Å². The Bertz CT molecular complexity index is 510. The maximum absolute atomic E-state index is 12.4. The Morgan fingerprint density at radius 2 is 2.15 bits per heavy atom. The highest BCUT2D eigenvalue weighted by Gasteiger charge is 2.37. The highest BCUT2D eigenvalue weighted by Crippen LogP contribution is 2.32. The molecule has 0 radical (unpaired) electrons. The summed E-state index contributed by atoms with van der Waals surface area (Å²) in [6.07, 6.45) is 7.52. The van der Waals surface area contributed by atoms with Gasteiger partial charge in [-0.3, -0.25) is 0 Å². The third kappa shape index (κ3) is 2.50. The van der Waals surface area contributed by atoms with Gasteiger partial charge in [0.2, 0.25) is 0 Å². The van der Waals surface area contributed by atoms with E-state index in [1.807, 2.05) is 36.1 Å². The minimum Gasteiger partial charge on any atom is -0.494 e. The molecule has 4 heteroatoms. The van der Waals surface area contributed by atoms with Crippen molar-refractivity contribution >= 4 is 11.7 Å². The summed E-state index contributed by atoms with van der Waals surface area (Å²) in [6.45, 7) is 2.60. The molecule has 0 aromatic heterocycles. The Labute approximate surface area is 119 Å². The molecule has 2 bridgehead atoms. The minimum absolute atomic E-state index is 0.00556. The Kier molecular flexibility index (Phi) is 3.63. The predicted molar refractivity (Wildman–Crippen MR) is 79.0 cm³/mol. The second-order valence-corrected chi connectivity index (χ2v) is 5.26. The third-order valence-corrected chi connectivity index (χ3v) is 3.96. The average molecular weight is 272 g/mol. The number of carbonyl (C=O) groups is 1. The van der Waals surface area contributed by atoms with E-state index in [9.17, 15) is 4.79 Å². The molecule has 2 atom stereocenters. The number of anilines is 1. The van der Waals surface area contributed by atoms with E-state index >= 15 is 0 Å². The minimum atomic E-state index is 0.00556. The monoisotopic (exact) mass is 272 g/mol. The van der Waals surface area contributed by atoms with Crippen molar-refractivity contribution in [3.8, 4) is 5.75 Å². The zero-order valence-electron chi connectivity index (χ0n) is 11.7. The highest BCUT2D eigenvalue weighted by molar-refractivity contribution is 5.90. The first-order chi connectivity index (χ1) is 9.78. The van der Waals surface area contributed by atoms with Gasteiger partial charge in [-0.1, -0.05) is 12.2 Å². The van der Waals surface area contributed by atoms with Crippen molar-refractivity contribution in [2.24, 2.45) is 0 Å². The number of benzene rings is 1. The first-order valence-corrected chi connectivity index (χ1v) is 7.27. The van der Waals surface area contributed by atoms with Gasteiger partial charge in [0.15, 0.2) is 0 Å². The van der Waals surface area contributed by atoms with Crippen LogP contribution < -0.4 is 10.1 Å². The molecule has 106 valence electrons. The Hall–Kier alpha value is -1.97. The second kappa shape index (κ2) is 5.57. The van der Waals surface area contributed by atoms with Crippen LogP contribution >= 0.6 is 0 Å². The van der Waals surface area contributed by atoms with Gasteiger partial charge in [0.05, 0.1) is 12.6 Å². The lowest BCUT2D eigenvalue weighted by atomic mass is 10.1. The van der Waals surface area contributed by atoms with Gasteiger partial charge in [-0.25, -0.2) is 4.79 Å². The fraction of sp³-hybridized carbons (Fsp3) is 0.438. The normalized spacial score (nSPS) is 23.8. The Morgan fingerprint density at radius 3 is 2.85 bits per heavy atom. The van der Waals surface area contributed by atoms with Gasteiger partial charge in [0, 0.05) is 11.7 Å². The molecule has 0 aliphatic carbocycles. The predicted octanol–water partition coefficient (Wildman–Crippen LogP) is 3.41. The zero-order chi connectivity index (χ0) is 13.9. The standard InChI is InChI=1S/C16H20N2O2/c1-2-20-15-10-6-12(7-11-15)17-16(19)18-13-4-3-5-14(18)9-8-13/h3-4,6-7,10-11,13-14H,2,5,8-9H2,1H3,(H,17,19). The molecule has 0 saturated carbocycles. The first kappa shape index (κ1) is 13.0. The number of hydrogen-bond acceptors (Lipinski definition) is 2. The molecule has 2 heterocycles. The maximum atomic E-state index is 12.4. The van der Waals surface area contributed by atoms with E-state index in [1.54, 1.807) is 0 Å². The van der Waals surface area contributed by atoms with Crippen molar-refractivity contribution in [3.63, 3.8) is 0 Å². The summed E-state index contributed by atoms with van der Waals surface area (Å²) in [5, 5.41) is 2.98. The highest BCUT2D eigenvalue weighted by atomic mass is 16.5. The molecule has 1 aromatic rings. The van der Waals surface area contributed by atoms with Gasteiger partial charge >= 0.3 is 6.03 Å². The summed E-state index contributed by atoms with van der Waals surface area (Å²) >= 11 is 0. The van der Waals surface area contributed by atoms with E-state index < -0.39 is 0 Å². The number of amides is 2. The van der Waals surface area contributed by atoms with Crippen LogP contribution in [0.2, 0.25) is 0 Å². The molecule has 20 heavy (non-hydrogen) atoms. The smallest absolute Gasteiger partial charge is 0.322 e. The van der Waals surface area contributed by atoms with E-state index in [-0.39, 0.29) is 12.1 Å². The number of fused-ring (bicyclic) bond motifs is 2. The van der Waals surface area contributed by atoms with Gasteiger partial charge in [-0.2, -0.15) is 0 Å². The number of rotatable bonds is 3. The van der Waals surface area contributed by atoms with Crippen molar-refractivity contribution in [1.29, 1.82) is 0 Å². The fourth-order valence-electron chi connectivity index (χ4n) is 3.03. The topological polar surface area (TPSA) is 41.6 Å². The maximum Gasteiger partial charge on any atom is 0.322 e. The average Bonchev–Trinajstić information content (AvgIpc) is 2.71. The summed E-state index contributed by atoms with van der Waals surface area (Å²) in [4.78, 5) is 14.4. The Morgan fingerprint density at radius 1 is 1.35 bits per heavy atom. The molecule has 2 aliphatic rings. The van der Waals surface area contributed by atoms with Crippen LogP contribution in [0.15, 0.2) is 36.4 Å². The molecule has 3 rings (SSSR count). The van der Waals surface area contributed by atoms with E-state index in [4.69, 9.17) is 4.74 Å². The molecule has 1 saturated heterocycles. The summed E-state index contributed by atoms with van der Waals surface area (Å²) in [5.74, 6) is 0.825. The second-order valence-electron chi connectivity index (χ2n) is 5.26. The molecule has 2 amide bonds. The van der Waals surface area contributed by atoms with Crippen molar-refractivity contribution in [3.05, 3.63) is 36.4 Å². The molecule has 4 nitrogen and oxygen atoms in total. The summed E-state index contributed by atoms with van der Waals surface area (Å²) < 4.78 is 5.39. The van der Waals surface area contributed by atoms with Crippen LogP contribution in [0.4, 0.5) is 10.5 Å². The van der Waals surface area contributed by atoms with Gasteiger partial charge < -0.3 is 15.0 Å². The van der Waals surface area contributed by atoms with Gasteiger partial charge in [0.25, 0.3) is 0 Å². The summed E-state index contributed by atoms with van der Waals surface area (Å²) in [5.41, 5.74) is 0.812. The largest absolute Gasteiger partial charge is 0.494 e. The van der Waals surface area contributed by atoms with Crippen molar-refractivity contribution in [2.75, 3.05) is 11.9 Å². The Balaban J connectivity index is 1.65. The number of ether oxygens (including phenoxy) is 1. The van der Waals surface area contributed by atoms with Crippen LogP contribution in [-0.4, -0.2) is 29.6 Å². The lowest BCUT2D eigenvalue weighted by Crippen LogP contribution is -2.44. The van der Waals surface area contributed by atoms with Crippen LogP contribution in [0, 0.1) is 0 Å². The SMILES string of the molecule is CCOc1ccc(NC(=O)N2C3C=CCC2CC3)cc1. The molecule has 0 spiro atoms. The molecule has 2 unspecified atom stereocenters. The van der Waals surface area contributed by atoms with Crippen LogP contribution in [-0.2, 0) is 0 Å². The van der Waals surface area contributed by atoms with E-state index in [1.165, 1.54) is 0 Å². The van der Waals surface area contributed by atoms with Crippen molar-refractivity contribution in [1.82, 2.24) is 4.90 Å². The number of hydrogen-bond donors (Lipinski definition) is 1. The molecule has 1 N–H and O–H groups in total. The summed E-state index contributed by atoms with van der Waals surface area (Å²) in [6, 6.07) is 8.16. The first-order valence-electron chi connectivity index (χ1n) is 7.27. The van der Waals surface area contributed by atoms with E-state index in [0.717, 1.165) is 30.7 Å². The molecule has 1 fully saturated rings. The lowest BCUT2D eigenvalue weighted by Gasteiger charge is -2.31. The van der Waals surface area contributed by atoms with Crippen molar-refractivity contribution in [2.45, 2.75) is 38.3 Å². The van der Waals surface area contributed by atoms with Gasteiger partial charge in [0.1, 0.15) is 5.75 Å². The molecular formula is C16H20N2O2. The number of nitrogens with zero attached hydrogens (tertiary/aromatic N) is 1. The quantitative estimate of drug-likeness (QED) is 0.857.